The summed E-state index contributed by atoms with van der Waals surface area (Å²) in [6.45, 7) is 0.689. The third-order valence-corrected chi connectivity index (χ3v) is 8.37. The number of halogens is 1. The largest absolute Gasteiger partial charge is 0.505 e. The van der Waals surface area contributed by atoms with Crippen LogP contribution in [-0.4, -0.2) is 53.2 Å². The molecule has 2 amide bonds. The molecule has 0 unspecified atom stereocenters. The molecule has 3 heterocycles. The van der Waals surface area contributed by atoms with E-state index < -0.39 is 23.4 Å². The number of aromatic hydroxyl groups is 1. The summed E-state index contributed by atoms with van der Waals surface area (Å²) in [6.07, 6.45) is 4.98. The minimum Gasteiger partial charge on any atom is -0.505 e. The highest BCUT2D eigenvalue weighted by molar-refractivity contribution is 6.05. The van der Waals surface area contributed by atoms with Crippen molar-refractivity contribution < 1.29 is 28.6 Å². The highest BCUT2D eigenvalue weighted by atomic mass is 19.1. The number of para-hydroxylation sites is 1. The first-order chi connectivity index (χ1) is 19.9. The number of phenols is 1. The monoisotopic (exact) mass is 554 g/mol. The van der Waals surface area contributed by atoms with Crippen LogP contribution < -0.4 is 4.74 Å². The number of phenolic OH excluding ortho intramolecular Hbond substituents is 1. The molecule has 4 atom stereocenters. The number of fused-ring (bicyclic) bond motifs is 3. The Balaban J connectivity index is 1.30. The average molecular weight is 555 g/mol. The summed E-state index contributed by atoms with van der Waals surface area (Å²) in [6, 6.07) is 19.5. The highest BCUT2D eigenvalue weighted by Crippen LogP contribution is 2.49. The number of hydrogen-bond donors (Lipinski definition) is 1. The predicted molar refractivity (Wildman–Crippen MR) is 151 cm³/mol. The molecule has 8 heteroatoms. The van der Waals surface area contributed by atoms with Crippen LogP contribution in [0.15, 0.2) is 84.1 Å². The first kappa shape index (κ1) is 26.9. The van der Waals surface area contributed by atoms with Gasteiger partial charge < -0.3 is 14.6 Å². The maximum absolute atomic E-state index is 14.1. The number of rotatable bonds is 8. The lowest BCUT2D eigenvalue weighted by Gasteiger charge is -2.31. The van der Waals surface area contributed by atoms with Crippen molar-refractivity contribution in [3.63, 3.8) is 0 Å². The molecule has 2 saturated heterocycles. The molecule has 3 aliphatic rings. The maximum atomic E-state index is 14.1. The molecule has 6 rings (SSSR count). The fourth-order valence-electron chi connectivity index (χ4n) is 6.38. The molecular weight excluding hydrogens is 523 g/mol. The quantitative estimate of drug-likeness (QED) is 0.301. The Hall–Kier alpha value is -4.30. The van der Waals surface area contributed by atoms with Crippen LogP contribution in [0.2, 0.25) is 0 Å². The molecule has 0 bridgehead atoms. The molecule has 0 spiro atoms. The molecule has 1 aliphatic carbocycles. The Kier molecular flexibility index (Phi) is 7.41. The second-order valence-corrected chi connectivity index (χ2v) is 10.8. The van der Waals surface area contributed by atoms with Crippen LogP contribution in [0.1, 0.15) is 30.5 Å². The number of carbonyl (C=O) groups excluding carboxylic acids is 2. The van der Waals surface area contributed by atoms with Crippen molar-refractivity contribution in [2.75, 3.05) is 20.3 Å². The van der Waals surface area contributed by atoms with Gasteiger partial charge in [-0.2, -0.15) is 0 Å². The van der Waals surface area contributed by atoms with Crippen molar-refractivity contribution in [3.8, 4) is 11.5 Å². The summed E-state index contributed by atoms with van der Waals surface area (Å²) in [5.41, 5.74) is 4.35. The lowest BCUT2D eigenvalue weighted by Crippen LogP contribution is -2.35. The number of allylic oxidation sites excluding steroid dienone is 1. The number of imide groups is 1. The van der Waals surface area contributed by atoms with E-state index in [1.165, 1.54) is 17.0 Å². The number of hydrogen-bond acceptors (Lipinski definition) is 6. The molecule has 2 aromatic carbocycles. The molecule has 7 nitrogen and oxygen atoms in total. The number of ether oxygens (including phenoxy) is 2. The van der Waals surface area contributed by atoms with Crippen LogP contribution in [0, 0.1) is 23.6 Å². The molecule has 41 heavy (non-hydrogen) atoms. The average Bonchev–Trinajstić information content (AvgIpc) is 3.51. The van der Waals surface area contributed by atoms with E-state index in [0.717, 1.165) is 28.2 Å². The summed E-state index contributed by atoms with van der Waals surface area (Å²) in [7, 11) is 1.56. The van der Waals surface area contributed by atoms with Crippen LogP contribution in [-0.2, 0) is 14.3 Å². The van der Waals surface area contributed by atoms with Gasteiger partial charge in [0.1, 0.15) is 12.4 Å². The predicted octanol–water partition coefficient (Wildman–Crippen LogP) is 5.27. The van der Waals surface area contributed by atoms with Gasteiger partial charge in [-0.3, -0.25) is 19.5 Å². The second-order valence-electron chi connectivity index (χ2n) is 10.8. The number of benzene rings is 2. The van der Waals surface area contributed by atoms with Gasteiger partial charge in [0.15, 0.2) is 11.6 Å². The van der Waals surface area contributed by atoms with E-state index in [0.29, 0.717) is 38.0 Å². The van der Waals surface area contributed by atoms with Crippen molar-refractivity contribution in [1.29, 1.82) is 0 Å². The van der Waals surface area contributed by atoms with Crippen LogP contribution in [0.4, 0.5) is 4.39 Å². The van der Waals surface area contributed by atoms with Gasteiger partial charge in [0.25, 0.3) is 0 Å². The molecule has 0 radical (unpaired) electrons. The number of amides is 2. The van der Waals surface area contributed by atoms with E-state index >= 15 is 0 Å². The van der Waals surface area contributed by atoms with Crippen molar-refractivity contribution in [3.05, 3.63) is 101 Å². The van der Waals surface area contributed by atoms with E-state index in [2.05, 4.69) is 4.98 Å². The molecule has 2 fully saturated rings. The van der Waals surface area contributed by atoms with Gasteiger partial charge in [0.05, 0.1) is 30.2 Å². The summed E-state index contributed by atoms with van der Waals surface area (Å²) in [5, 5.41) is 9.62. The van der Waals surface area contributed by atoms with E-state index in [4.69, 9.17) is 9.47 Å². The molecule has 2 aliphatic heterocycles. The van der Waals surface area contributed by atoms with Crippen LogP contribution >= 0.6 is 0 Å². The van der Waals surface area contributed by atoms with Gasteiger partial charge in [0, 0.05) is 19.2 Å². The number of aromatic nitrogens is 1. The van der Waals surface area contributed by atoms with Gasteiger partial charge in [-0.05, 0) is 84.0 Å². The standard InChI is InChI=1S/C33H31FN2O5/c1-36-32(38)24-17-22(18-40-23-7-3-2-4-8-23)30-25(31(24)33(36)39)19-41-29(30)13-11-21(27-9-5-6-14-35-27)15-20-10-12-28(37)26(34)16-20/h2-10,12,14-16,24-25,29,31,37H,11,13,17-19H2,1H3/b21-15-/t24-,25+,29-,31-/m1/s1. The number of likely N-dealkylation sites (tertiary alicyclic amines) is 1. The Morgan fingerprint density at radius 3 is 2.66 bits per heavy atom. The third-order valence-electron chi connectivity index (χ3n) is 8.37. The summed E-state index contributed by atoms with van der Waals surface area (Å²) in [4.78, 5) is 31.9. The Morgan fingerprint density at radius 2 is 1.90 bits per heavy atom. The van der Waals surface area contributed by atoms with Crippen molar-refractivity contribution in [2.45, 2.75) is 25.4 Å². The minimum absolute atomic E-state index is 0.138. The first-order valence-electron chi connectivity index (χ1n) is 13.8. The summed E-state index contributed by atoms with van der Waals surface area (Å²) < 4.78 is 26.6. The van der Waals surface area contributed by atoms with Crippen LogP contribution in [0.25, 0.3) is 11.6 Å². The molecular formula is C33H31FN2O5. The van der Waals surface area contributed by atoms with Gasteiger partial charge in [-0.25, -0.2) is 4.39 Å². The number of nitrogens with zero attached hydrogens (tertiary/aromatic N) is 2. The SMILES string of the molecule is CN1C(=O)[C@@H]2[C@@H](CC(COc3ccccc3)=C3[C@@H](CC/C(=C/c4ccc(O)c(F)c4)c4ccccn4)OC[C@@H]32)C1=O. The Morgan fingerprint density at radius 1 is 1.10 bits per heavy atom. The maximum Gasteiger partial charge on any atom is 0.233 e. The van der Waals surface area contributed by atoms with Crippen LogP contribution in [0.3, 0.4) is 0 Å². The zero-order valence-corrected chi connectivity index (χ0v) is 22.7. The van der Waals surface area contributed by atoms with Crippen molar-refractivity contribution in [2.24, 2.45) is 17.8 Å². The van der Waals surface area contributed by atoms with Gasteiger partial charge >= 0.3 is 0 Å². The van der Waals surface area contributed by atoms with Gasteiger partial charge in [0.2, 0.25) is 11.8 Å². The summed E-state index contributed by atoms with van der Waals surface area (Å²) in [5.74, 6) is -1.62. The molecule has 3 aromatic rings. The molecule has 1 aromatic heterocycles. The third kappa shape index (κ3) is 5.27. The number of carbonyl (C=O) groups is 2. The lowest BCUT2D eigenvalue weighted by molar-refractivity contribution is -0.138. The zero-order valence-electron chi connectivity index (χ0n) is 22.7. The zero-order chi connectivity index (χ0) is 28.5. The first-order valence-corrected chi connectivity index (χ1v) is 13.8. The Bertz CT molecular complexity index is 1520. The molecule has 210 valence electrons. The Labute approximate surface area is 237 Å². The van der Waals surface area contributed by atoms with Gasteiger partial charge in [-0.15, -0.1) is 0 Å². The van der Waals surface area contributed by atoms with Crippen molar-refractivity contribution in [1.82, 2.24) is 9.88 Å². The second kappa shape index (κ2) is 11.3. The van der Waals surface area contributed by atoms with E-state index in [-0.39, 0.29) is 23.8 Å². The van der Waals surface area contributed by atoms with Crippen LogP contribution in [0.5, 0.6) is 11.5 Å². The summed E-state index contributed by atoms with van der Waals surface area (Å²) >= 11 is 0. The smallest absolute Gasteiger partial charge is 0.233 e. The topological polar surface area (TPSA) is 89.0 Å². The van der Waals surface area contributed by atoms with E-state index in [1.807, 2.05) is 54.6 Å². The molecule has 1 N–H and O–H groups in total. The molecule has 0 saturated carbocycles. The minimum atomic E-state index is -0.688. The van der Waals surface area contributed by atoms with E-state index in [1.54, 1.807) is 19.3 Å². The van der Waals surface area contributed by atoms with E-state index in [9.17, 15) is 19.1 Å². The highest BCUT2D eigenvalue weighted by Gasteiger charge is 2.56. The fraction of sp³-hybridized carbons (Fsp3) is 0.303. The lowest BCUT2D eigenvalue weighted by atomic mass is 9.69. The fourth-order valence-corrected chi connectivity index (χ4v) is 6.38. The normalized spacial score (nSPS) is 24.0. The van der Waals surface area contributed by atoms with Gasteiger partial charge in [-0.1, -0.05) is 30.3 Å². The van der Waals surface area contributed by atoms with Crippen molar-refractivity contribution >= 4 is 23.5 Å². The number of pyridine rings is 1.